The maximum atomic E-state index is 12.2. The van der Waals surface area contributed by atoms with Gasteiger partial charge in [-0.1, -0.05) is 54.6 Å². The molecule has 34 heavy (non-hydrogen) atoms. The lowest BCUT2D eigenvalue weighted by molar-refractivity contribution is 0.397. The lowest BCUT2D eigenvalue weighted by Gasteiger charge is -2.29. The molecule has 3 aromatic carbocycles. The van der Waals surface area contributed by atoms with Crippen molar-refractivity contribution in [2.24, 2.45) is 0 Å². The fourth-order valence-corrected chi connectivity index (χ4v) is 6.12. The quantitative estimate of drug-likeness (QED) is 0.399. The molecule has 0 unspecified atom stereocenters. The van der Waals surface area contributed by atoms with E-state index >= 15 is 0 Å². The minimum Gasteiger partial charge on any atom is -0.495 e. The molecule has 1 heterocycles. The Kier molecular flexibility index (Phi) is 4.83. The highest BCUT2D eigenvalue weighted by molar-refractivity contribution is 7.86. The fraction of sp³-hybridized carbons (Fsp3) is 0.179. The summed E-state index contributed by atoms with van der Waals surface area (Å²) in [5.41, 5.74) is 10.7. The Bertz CT molecular complexity index is 1500. The number of rotatable bonds is 3. The van der Waals surface area contributed by atoms with E-state index in [4.69, 9.17) is 9.72 Å². The van der Waals surface area contributed by atoms with Crippen molar-refractivity contribution in [2.75, 3.05) is 7.11 Å². The van der Waals surface area contributed by atoms with Gasteiger partial charge in [0, 0.05) is 11.1 Å². The average Bonchev–Trinajstić information content (AvgIpc) is 2.86. The number of ether oxygens (including phenoxy) is 1. The monoisotopic (exact) mass is 469 g/mol. The van der Waals surface area contributed by atoms with E-state index in [0.29, 0.717) is 0 Å². The zero-order chi connectivity index (χ0) is 23.4. The molecule has 0 bridgehead atoms. The Labute approximate surface area is 198 Å². The highest BCUT2D eigenvalue weighted by Crippen LogP contribution is 2.46. The van der Waals surface area contributed by atoms with Gasteiger partial charge in [-0.05, 0) is 71.2 Å². The number of nitrogens with zero attached hydrogens (tertiary/aromatic N) is 1. The second-order valence-electron chi connectivity index (χ2n) is 8.80. The van der Waals surface area contributed by atoms with Crippen LogP contribution in [-0.2, 0) is 35.8 Å². The van der Waals surface area contributed by atoms with E-state index in [0.717, 1.165) is 70.5 Å². The maximum absolute atomic E-state index is 12.2. The van der Waals surface area contributed by atoms with E-state index < -0.39 is 10.1 Å². The van der Waals surface area contributed by atoms with Crippen molar-refractivity contribution < 1.29 is 17.7 Å². The van der Waals surface area contributed by atoms with Gasteiger partial charge in [0.25, 0.3) is 10.1 Å². The van der Waals surface area contributed by atoms with Gasteiger partial charge < -0.3 is 4.74 Å². The van der Waals surface area contributed by atoms with Crippen molar-refractivity contribution in [1.82, 2.24) is 4.98 Å². The van der Waals surface area contributed by atoms with Crippen molar-refractivity contribution in [2.45, 2.75) is 30.6 Å². The molecule has 1 aromatic heterocycles. The van der Waals surface area contributed by atoms with E-state index in [1.165, 1.54) is 24.3 Å². The summed E-state index contributed by atoms with van der Waals surface area (Å²) in [6.45, 7) is 0. The second kappa shape index (κ2) is 7.79. The smallest absolute Gasteiger partial charge is 0.298 e. The molecule has 170 valence electrons. The summed E-state index contributed by atoms with van der Waals surface area (Å²) < 4.78 is 39.4. The summed E-state index contributed by atoms with van der Waals surface area (Å²) in [5, 5.41) is 0. The van der Waals surface area contributed by atoms with Gasteiger partial charge in [0.05, 0.1) is 18.5 Å². The normalized spacial score (nSPS) is 13.9. The zero-order valence-electron chi connectivity index (χ0n) is 18.7. The third-order valence-corrected chi connectivity index (χ3v) is 7.84. The van der Waals surface area contributed by atoms with Gasteiger partial charge in [-0.25, -0.2) is 4.98 Å². The summed E-state index contributed by atoms with van der Waals surface area (Å²) in [5.74, 6) is 0.124. The van der Waals surface area contributed by atoms with Gasteiger partial charge in [-0.15, -0.1) is 0 Å². The Balaban J connectivity index is 1.71. The Morgan fingerprint density at radius 1 is 0.794 bits per heavy atom. The van der Waals surface area contributed by atoms with Crippen molar-refractivity contribution in [3.05, 3.63) is 89.0 Å². The molecule has 6 heteroatoms. The number of benzene rings is 3. The Morgan fingerprint density at radius 2 is 1.35 bits per heavy atom. The molecule has 1 N–H and O–H groups in total. The first kappa shape index (κ1) is 21.1. The number of aromatic nitrogens is 1. The van der Waals surface area contributed by atoms with Gasteiger partial charge >= 0.3 is 0 Å². The summed E-state index contributed by atoms with van der Waals surface area (Å²) >= 11 is 0. The molecule has 0 saturated heterocycles. The molecule has 0 radical (unpaired) electrons. The van der Waals surface area contributed by atoms with Crippen LogP contribution in [0.4, 0.5) is 0 Å². The van der Waals surface area contributed by atoms with E-state index in [1.54, 1.807) is 6.07 Å². The number of fused-ring (bicyclic) bond motifs is 6. The van der Waals surface area contributed by atoms with Gasteiger partial charge in [-0.2, -0.15) is 8.42 Å². The fourth-order valence-electron chi connectivity index (χ4n) is 5.44. The lowest BCUT2D eigenvalue weighted by atomic mass is 9.78. The number of aryl methyl sites for hydroxylation is 2. The van der Waals surface area contributed by atoms with Crippen molar-refractivity contribution in [3.8, 4) is 39.4 Å². The molecular weight excluding hydrogens is 446 g/mol. The predicted molar refractivity (Wildman–Crippen MR) is 132 cm³/mol. The molecule has 2 aliphatic rings. The van der Waals surface area contributed by atoms with Gasteiger partial charge in [-0.3, -0.25) is 4.55 Å². The number of hydrogen-bond donors (Lipinski definition) is 1. The van der Waals surface area contributed by atoms with E-state index in [1.807, 2.05) is 18.2 Å². The van der Waals surface area contributed by atoms with Crippen molar-refractivity contribution in [1.29, 1.82) is 0 Å². The van der Waals surface area contributed by atoms with Crippen LogP contribution >= 0.6 is 0 Å². The molecule has 2 aliphatic carbocycles. The summed E-state index contributed by atoms with van der Waals surface area (Å²) in [6, 6.07) is 21.7. The van der Waals surface area contributed by atoms with Crippen LogP contribution in [0, 0.1) is 0 Å². The molecule has 0 saturated carbocycles. The van der Waals surface area contributed by atoms with Crippen molar-refractivity contribution in [3.63, 3.8) is 0 Å². The van der Waals surface area contributed by atoms with Crippen LogP contribution in [-0.4, -0.2) is 25.1 Å². The van der Waals surface area contributed by atoms with Crippen LogP contribution in [0.1, 0.15) is 22.3 Å². The van der Waals surface area contributed by atoms with Crippen LogP contribution < -0.4 is 4.74 Å². The van der Waals surface area contributed by atoms with Crippen LogP contribution in [0.3, 0.4) is 0 Å². The van der Waals surface area contributed by atoms with E-state index in [9.17, 15) is 13.0 Å². The Morgan fingerprint density at radius 3 is 1.88 bits per heavy atom. The highest BCUT2D eigenvalue weighted by Gasteiger charge is 2.29. The van der Waals surface area contributed by atoms with Gasteiger partial charge in [0.1, 0.15) is 10.6 Å². The Hall–Kier alpha value is -3.48. The molecular formula is C28H23NO4S. The minimum atomic E-state index is -4.46. The largest absolute Gasteiger partial charge is 0.495 e. The first-order valence-electron chi connectivity index (χ1n) is 11.3. The minimum absolute atomic E-state index is 0.124. The molecule has 0 amide bonds. The SMILES string of the molecule is COc1ccc(-c2c3c(nc4c2CCc2ccccc2-4)-c2ccccc2CC3)cc1S(=O)(=O)O. The van der Waals surface area contributed by atoms with Crippen LogP contribution in [0.2, 0.25) is 0 Å². The standard InChI is InChI=1S/C28H23NO4S/c1-33-24-15-12-19(16-25(24)34(30,31)32)26-22-13-10-17-6-2-4-8-20(17)27(22)29-28-21-9-5-3-7-18(21)11-14-23(26)28/h2-9,12,15-16H,10-11,13-14H2,1H3,(H,30,31,32). The van der Waals surface area contributed by atoms with Crippen LogP contribution in [0.25, 0.3) is 33.6 Å². The molecule has 0 aliphatic heterocycles. The van der Waals surface area contributed by atoms with Gasteiger partial charge in [0.2, 0.25) is 0 Å². The van der Waals surface area contributed by atoms with Crippen molar-refractivity contribution >= 4 is 10.1 Å². The van der Waals surface area contributed by atoms with Gasteiger partial charge in [0.15, 0.2) is 0 Å². The number of pyridine rings is 1. The molecule has 5 nitrogen and oxygen atoms in total. The summed E-state index contributed by atoms with van der Waals surface area (Å²) in [4.78, 5) is 5.01. The topological polar surface area (TPSA) is 76.5 Å². The predicted octanol–water partition coefficient (Wildman–Crippen LogP) is 5.54. The average molecular weight is 470 g/mol. The maximum Gasteiger partial charge on any atom is 0.298 e. The lowest BCUT2D eigenvalue weighted by Crippen LogP contribution is -2.15. The molecule has 4 aromatic rings. The first-order chi connectivity index (χ1) is 16.5. The third-order valence-electron chi connectivity index (χ3n) is 6.96. The highest BCUT2D eigenvalue weighted by atomic mass is 32.2. The first-order valence-corrected chi connectivity index (χ1v) is 12.8. The number of hydrogen-bond acceptors (Lipinski definition) is 4. The van der Waals surface area contributed by atoms with Crippen LogP contribution in [0.15, 0.2) is 71.6 Å². The summed E-state index contributed by atoms with van der Waals surface area (Å²) in [6.07, 6.45) is 3.43. The number of methoxy groups -OCH3 is 1. The van der Waals surface area contributed by atoms with E-state index in [-0.39, 0.29) is 10.6 Å². The molecule has 0 atom stereocenters. The molecule has 0 spiro atoms. The molecule has 0 fully saturated rings. The molecule has 6 rings (SSSR count). The van der Waals surface area contributed by atoms with E-state index in [2.05, 4.69) is 36.4 Å². The zero-order valence-corrected chi connectivity index (χ0v) is 19.5. The third kappa shape index (κ3) is 3.25. The second-order valence-corrected chi connectivity index (χ2v) is 10.2. The van der Waals surface area contributed by atoms with Crippen LogP contribution in [0.5, 0.6) is 5.75 Å². The summed E-state index contributed by atoms with van der Waals surface area (Å²) in [7, 11) is -3.06.